The van der Waals surface area contributed by atoms with Gasteiger partial charge in [0.15, 0.2) is 5.83 Å². The minimum atomic E-state index is -1.05. The highest BCUT2D eigenvalue weighted by atomic mass is 19.1. The summed E-state index contributed by atoms with van der Waals surface area (Å²) in [5.74, 6) is -1.88. The van der Waals surface area contributed by atoms with E-state index in [1.807, 2.05) is 19.0 Å². The Morgan fingerprint density at radius 1 is 1.26 bits per heavy atom. The van der Waals surface area contributed by atoms with Gasteiger partial charge in [-0.25, -0.2) is 8.78 Å². The third-order valence-corrected chi connectivity index (χ3v) is 8.25. The summed E-state index contributed by atoms with van der Waals surface area (Å²) in [7, 11) is 4.06. The minimum Gasteiger partial charge on any atom is -0.506 e. The van der Waals surface area contributed by atoms with E-state index in [1.165, 1.54) is 23.1 Å². The van der Waals surface area contributed by atoms with Crippen LogP contribution in [0.15, 0.2) is 30.6 Å². The Kier molecular flexibility index (Phi) is 8.50. The lowest BCUT2D eigenvalue weighted by Gasteiger charge is -2.41. The molecule has 3 heterocycles. The summed E-state index contributed by atoms with van der Waals surface area (Å²) in [4.78, 5) is 29.4. The van der Waals surface area contributed by atoms with Crippen molar-refractivity contribution >= 4 is 17.4 Å². The van der Waals surface area contributed by atoms with E-state index in [1.54, 1.807) is 4.90 Å². The Labute approximate surface area is 244 Å². The monoisotopic (exact) mass is 581 g/mol. The van der Waals surface area contributed by atoms with Gasteiger partial charge in [-0.2, -0.15) is 15.2 Å². The molecule has 2 aromatic rings. The Hall–Kier alpha value is -3.98. The van der Waals surface area contributed by atoms with Crippen molar-refractivity contribution in [3.8, 4) is 17.8 Å². The first-order chi connectivity index (χ1) is 20.1. The fourth-order valence-corrected chi connectivity index (χ4v) is 6.09. The van der Waals surface area contributed by atoms with Crippen molar-refractivity contribution in [2.75, 3.05) is 63.2 Å². The van der Waals surface area contributed by atoms with E-state index < -0.39 is 23.6 Å². The number of nitrogens with zero attached hydrogens (tertiary/aromatic N) is 7. The van der Waals surface area contributed by atoms with Gasteiger partial charge in [0.05, 0.1) is 37.4 Å². The molecule has 5 rings (SSSR count). The second-order valence-corrected chi connectivity index (χ2v) is 11.8. The highest BCUT2D eigenvalue weighted by Crippen LogP contribution is 2.46. The largest absolute Gasteiger partial charge is 0.506 e. The first-order valence-corrected chi connectivity index (χ1v) is 14.3. The quantitative estimate of drug-likeness (QED) is 0.446. The molecular formula is C30H37F2N7O3. The lowest BCUT2D eigenvalue weighted by molar-refractivity contribution is -0.131. The van der Waals surface area contributed by atoms with Gasteiger partial charge in [0.2, 0.25) is 0 Å². The first-order valence-electron chi connectivity index (χ1n) is 14.3. The maximum atomic E-state index is 14.9. The Balaban J connectivity index is 1.49. The zero-order valence-electron chi connectivity index (χ0n) is 24.2. The van der Waals surface area contributed by atoms with E-state index in [4.69, 9.17) is 14.7 Å². The number of anilines is 2. The number of rotatable bonds is 9. The molecule has 1 aromatic heterocycles. The number of carbonyl (C=O) groups is 1. The number of nitriles is 1. The summed E-state index contributed by atoms with van der Waals surface area (Å²) in [6.07, 6.45) is 3.39. The summed E-state index contributed by atoms with van der Waals surface area (Å²) >= 11 is 0. The smallest absolute Gasteiger partial charge is 0.318 e. The van der Waals surface area contributed by atoms with Crippen molar-refractivity contribution in [3.63, 3.8) is 0 Å². The molecule has 10 nitrogen and oxygen atoms in total. The van der Waals surface area contributed by atoms with Gasteiger partial charge in [0, 0.05) is 43.7 Å². The number of ether oxygens (including phenoxy) is 1. The Morgan fingerprint density at radius 2 is 2.05 bits per heavy atom. The van der Waals surface area contributed by atoms with Crippen LogP contribution in [-0.4, -0.2) is 90.2 Å². The van der Waals surface area contributed by atoms with E-state index >= 15 is 0 Å². The number of para-hydroxylation sites is 1. The summed E-state index contributed by atoms with van der Waals surface area (Å²) in [5, 5.41) is 19.9. The number of benzene rings is 1. The summed E-state index contributed by atoms with van der Waals surface area (Å²) in [5.41, 5.74) is 1.72. The number of hydrogen-bond acceptors (Lipinski definition) is 9. The van der Waals surface area contributed by atoms with Crippen LogP contribution in [0.3, 0.4) is 0 Å². The molecular weight excluding hydrogens is 544 g/mol. The van der Waals surface area contributed by atoms with Crippen LogP contribution >= 0.6 is 0 Å². The van der Waals surface area contributed by atoms with Gasteiger partial charge in [-0.3, -0.25) is 4.79 Å². The first kappa shape index (κ1) is 29.5. The zero-order chi connectivity index (χ0) is 30.0. The molecule has 1 atom stereocenters. The van der Waals surface area contributed by atoms with Crippen molar-refractivity contribution in [2.24, 2.45) is 5.41 Å². The third-order valence-electron chi connectivity index (χ3n) is 8.25. The average Bonchev–Trinajstić information content (AvgIpc) is 3.73. The van der Waals surface area contributed by atoms with Crippen molar-refractivity contribution < 1.29 is 23.4 Å². The second-order valence-electron chi connectivity index (χ2n) is 11.8. The molecule has 1 N–H and O–H groups in total. The predicted octanol–water partition coefficient (Wildman–Crippen LogP) is 3.41. The molecule has 42 heavy (non-hydrogen) atoms. The van der Waals surface area contributed by atoms with Crippen LogP contribution in [0.1, 0.15) is 36.9 Å². The van der Waals surface area contributed by atoms with Crippen LogP contribution in [-0.2, 0) is 17.8 Å². The molecule has 1 aliphatic carbocycles. The van der Waals surface area contributed by atoms with Gasteiger partial charge in [0.1, 0.15) is 23.1 Å². The van der Waals surface area contributed by atoms with Crippen LogP contribution in [0.25, 0.3) is 0 Å². The molecule has 3 aliphatic rings. The van der Waals surface area contributed by atoms with Crippen LogP contribution in [0.5, 0.6) is 11.8 Å². The lowest BCUT2D eigenvalue weighted by atomic mass is 10.1. The molecule has 1 aromatic carbocycles. The number of carbonyl (C=O) groups excluding carboxylic acids is 1. The molecule has 0 radical (unpaired) electrons. The van der Waals surface area contributed by atoms with Crippen LogP contribution in [0.2, 0.25) is 0 Å². The fourth-order valence-electron chi connectivity index (χ4n) is 6.09. The van der Waals surface area contributed by atoms with Crippen molar-refractivity contribution in [1.82, 2.24) is 19.8 Å². The number of phenols is 1. The number of phenolic OH excluding ortho intramolecular Hbond substituents is 1. The molecule has 12 heteroatoms. The maximum Gasteiger partial charge on any atom is 0.318 e. The van der Waals surface area contributed by atoms with Crippen LogP contribution in [0.4, 0.5) is 20.3 Å². The van der Waals surface area contributed by atoms with Crippen molar-refractivity contribution in [2.45, 2.75) is 44.7 Å². The van der Waals surface area contributed by atoms with Gasteiger partial charge in [-0.15, -0.1) is 0 Å². The lowest BCUT2D eigenvalue weighted by Crippen LogP contribution is -2.55. The molecule has 224 valence electrons. The number of hydrogen-bond donors (Lipinski definition) is 1. The Morgan fingerprint density at radius 3 is 2.71 bits per heavy atom. The van der Waals surface area contributed by atoms with Gasteiger partial charge < -0.3 is 29.4 Å². The van der Waals surface area contributed by atoms with E-state index in [-0.39, 0.29) is 48.9 Å². The van der Waals surface area contributed by atoms with E-state index in [2.05, 4.69) is 17.5 Å². The van der Waals surface area contributed by atoms with E-state index in [0.717, 1.165) is 24.9 Å². The molecule has 0 bridgehead atoms. The topological polar surface area (TPSA) is 109 Å². The third kappa shape index (κ3) is 6.26. The SMILES string of the molecule is C=C(F)C(=O)N1CCN(c2nc(OCC3(CN(C)C)CC3)nc3c2CCCN(c2c(O)cccc2F)C3)C[C@@H]1CC#N. The molecule has 1 amide bonds. The normalized spacial score (nSPS) is 19.6. The molecule has 0 unspecified atom stereocenters. The van der Waals surface area contributed by atoms with E-state index in [9.17, 15) is 23.9 Å². The van der Waals surface area contributed by atoms with Gasteiger partial charge in [0.25, 0.3) is 5.91 Å². The zero-order valence-corrected chi connectivity index (χ0v) is 24.2. The molecule has 2 aliphatic heterocycles. The minimum absolute atomic E-state index is 0.0273. The molecule has 0 spiro atoms. The van der Waals surface area contributed by atoms with Gasteiger partial charge in [-0.1, -0.05) is 12.6 Å². The fraction of sp³-hybridized carbons (Fsp3) is 0.533. The standard InChI is InChI=1S/C30H37F2N7O3/c1-20(31)28(41)39-15-14-38(16-21(39)9-12-33)27-22-6-5-13-37(26-23(32)7-4-8-25(26)40)17-24(22)34-29(35-27)42-19-30(10-11-30)18-36(2)3/h4,7-8,21,40H,1,5-6,9-11,13-19H2,2-3H3/t21-/m0/s1. The highest BCUT2D eigenvalue weighted by molar-refractivity contribution is 5.91. The summed E-state index contributed by atoms with van der Waals surface area (Å²) in [6, 6.07) is 6.02. The highest BCUT2D eigenvalue weighted by Gasteiger charge is 2.44. The number of aromatic hydroxyl groups is 1. The number of aromatic nitrogens is 2. The van der Waals surface area contributed by atoms with Crippen molar-refractivity contribution in [3.05, 3.63) is 47.7 Å². The molecule has 2 fully saturated rings. The summed E-state index contributed by atoms with van der Waals surface area (Å²) < 4.78 is 34.9. The van der Waals surface area contributed by atoms with Gasteiger partial charge in [-0.05, 0) is 51.9 Å². The number of amides is 1. The Bertz CT molecular complexity index is 1370. The number of piperazine rings is 1. The van der Waals surface area contributed by atoms with Crippen LogP contribution < -0.4 is 14.5 Å². The molecule has 1 saturated heterocycles. The van der Waals surface area contributed by atoms with E-state index in [0.29, 0.717) is 44.0 Å². The average molecular weight is 582 g/mol. The van der Waals surface area contributed by atoms with Crippen LogP contribution in [0, 0.1) is 22.6 Å². The predicted molar refractivity (Wildman–Crippen MR) is 153 cm³/mol. The summed E-state index contributed by atoms with van der Waals surface area (Å²) in [6.45, 7) is 6.06. The molecule has 1 saturated carbocycles. The second kappa shape index (κ2) is 12.1. The van der Waals surface area contributed by atoms with Crippen molar-refractivity contribution in [1.29, 1.82) is 5.26 Å². The number of halogens is 2. The maximum absolute atomic E-state index is 14.9. The number of fused-ring (bicyclic) bond motifs is 1. The van der Waals surface area contributed by atoms with Gasteiger partial charge >= 0.3 is 6.01 Å².